The van der Waals surface area contributed by atoms with E-state index in [9.17, 15) is 9.59 Å². The number of amides is 2. The average molecular weight is 262 g/mol. The van der Waals surface area contributed by atoms with Crippen LogP contribution in [0.15, 0.2) is 30.3 Å². The zero-order chi connectivity index (χ0) is 13.8. The first-order valence-electron chi connectivity index (χ1n) is 6.42. The number of urea groups is 1. The third kappa shape index (κ3) is 2.86. The fourth-order valence-corrected chi connectivity index (χ4v) is 2.39. The molecule has 3 atom stereocenters. The van der Waals surface area contributed by atoms with Crippen LogP contribution in [0.2, 0.25) is 0 Å². The molecule has 1 aliphatic rings. The molecule has 0 aliphatic carbocycles. The molecule has 2 amide bonds. The first-order valence-corrected chi connectivity index (χ1v) is 6.42. The Kier molecular flexibility index (Phi) is 4.04. The standard InChI is InChI=1S/C14H18N2O3/c1-3-19-13(17)11-9(2)15-14(18)16-12(11)10-7-5-4-6-8-10/h4-9,11-12H,3H2,1-2H3,(H2,15,16,18). The smallest absolute Gasteiger partial charge is 0.315 e. The van der Waals surface area contributed by atoms with Crippen LogP contribution in [0.1, 0.15) is 25.5 Å². The summed E-state index contributed by atoms with van der Waals surface area (Å²) < 4.78 is 5.11. The highest BCUT2D eigenvalue weighted by Gasteiger charge is 2.40. The molecule has 5 nitrogen and oxygen atoms in total. The summed E-state index contributed by atoms with van der Waals surface area (Å²) in [5.74, 6) is -0.726. The van der Waals surface area contributed by atoms with E-state index >= 15 is 0 Å². The van der Waals surface area contributed by atoms with Gasteiger partial charge in [-0.3, -0.25) is 4.79 Å². The first kappa shape index (κ1) is 13.4. The summed E-state index contributed by atoms with van der Waals surface area (Å²) in [5, 5.41) is 5.52. The number of carbonyl (C=O) groups is 2. The van der Waals surface area contributed by atoms with Gasteiger partial charge in [-0.1, -0.05) is 30.3 Å². The van der Waals surface area contributed by atoms with Gasteiger partial charge in [-0.15, -0.1) is 0 Å². The summed E-state index contributed by atoms with van der Waals surface area (Å²) in [4.78, 5) is 23.7. The summed E-state index contributed by atoms with van der Waals surface area (Å²) in [6, 6.07) is 8.58. The van der Waals surface area contributed by atoms with Gasteiger partial charge in [-0.25, -0.2) is 4.79 Å². The first-order chi connectivity index (χ1) is 9.13. The van der Waals surface area contributed by atoms with Crippen LogP contribution in [0.3, 0.4) is 0 Å². The second kappa shape index (κ2) is 5.73. The van der Waals surface area contributed by atoms with Crippen LogP contribution >= 0.6 is 0 Å². The third-order valence-electron chi connectivity index (χ3n) is 3.26. The second-order valence-corrected chi connectivity index (χ2v) is 4.57. The van der Waals surface area contributed by atoms with Gasteiger partial charge in [0, 0.05) is 6.04 Å². The summed E-state index contributed by atoms with van der Waals surface area (Å²) in [7, 11) is 0. The van der Waals surface area contributed by atoms with Gasteiger partial charge in [0.05, 0.1) is 12.6 Å². The lowest BCUT2D eigenvalue weighted by Crippen LogP contribution is -2.57. The van der Waals surface area contributed by atoms with E-state index in [1.165, 1.54) is 0 Å². The molecule has 0 saturated carbocycles. The lowest BCUT2D eigenvalue weighted by molar-refractivity contribution is -0.150. The number of nitrogens with one attached hydrogen (secondary N) is 2. The van der Waals surface area contributed by atoms with Crippen LogP contribution in [0, 0.1) is 5.92 Å². The van der Waals surface area contributed by atoms with Gasteiger partial charge in [0.2, 0.25) is 0 Å². The molecule has 1 heterocycles. The van der Waals surface area contributed by atoms with Crippen molar-refractivity contribution < 1.29 is 14.3 Å². The molecular formula is C14H18N2O3. The Balaban J connectivity index is 2.29. The second-order valence-electron chi connectivity index (χ2n) is 4.57. The van der Waals surface area contributed by atoms with E-state index in [4.69, 9.17) is 4.74 Å². The van der Waals surface area contributed by atoms with E-state index in [1.807, 2.05) is 37.3 Å². The molecule has 1 aromatic carbocycles. The van der Waals surface area contributed by atoms with E-state index in [1.54, 1.807) is 6.92 Å². The molecule has 5 heteroatoms. The summed E-state index contributed by atoms with van der Waals surface area (Å²) in [6.07, 6.45) is 0. The third-order valence-corrected chi connectivity index (χ3v) is 3.26. The van der Waals surface area contributed by atoms with Crippen molar-refractivity contribution in [3.63, 3.8) is 0 Å². The minimum atomic E-state index is -0.431. The molecule has 3 unspecified atom stereocenters. The van der Waals surface area contributed by atoms with Crippen LogP contribution in [0.5, 0.6) is 0 Å². The Hall–Kier alpha value is -2.04. The van der Waals surface area contributed by atoms with Crippen LogP contribution in [-0.4, -0.2) is 24.6 Å². The normalized spacial score (nSPS) is 26.2. The molecule has 19 heavy (non-hydrogen) atoms. The molecular weight excluding hydrogens is 244 g/mol. The molecule has 1 aromatic rings. The van der Waals surface area contributed by atoms with Gasteiger partial charge in [0.15, 0.2) is 0 Å². The number of hydrogen-bond acceptors (Lipinski definition) is 3. The molecule has 102 valence electrons. The Morgan fingerprint density at radius 2 is 1.95 bits per heavy atom. The van der Waals surface area contributed by atoms with Crippen molar-refractivity contribution in [3.8, 4) is 0 Å². The van der Waals surface area contributed by atoms with E-state index in [0.29, 0.717) is 6.61 Å². The Bertz CT molecular complexity index is 461. The molecule has 0 radical (unpaired) electrons. The van der Waals surface area contributed by atoms with Crippen LogP contribution < -0.4 is 10.6 Å². The summed E-state index contributed by atoms with van der Waals surface area (Å²) >= 11 is 0. The number of rotatable bonds is 3. The minimum Gasteiger partial charge on any atom is -0.466 e. The molecule has 1 saturated heterocycles. The van der Waals surface area contributed by atoms with Gasteiger partial charge in [-0.05, 0) is 19.4 Å². The summed E-state index contributed by atoms with van der Waals surface area (Å²) in [5.41, 5.74) is 0.905. The number of benzene rings is 1. The Labute approximate surface area is 112 Å². The van der Waals surface area contributed by atoms with Gasteiger partial charge >= 0.3 is 12.0 Å². The lowest BCUT2D eigenvalue weighted by Gasteiger charge is -2.36. The SMILES string of the molecule is CCOC(=O)C1C(C)NC(=O)NC1c1ccccc1. The predicted molar refractivity (Wildman–Crippen MR) is 70.4 cm³/mol. The zero-order valence-electron chi connectivity index (χ0n) is 11.1. The maximum Gasteiger partial charge on any atom is 0.315 e. The largest absolute Gasteiger partial charge is 0.466 e. The van der Waals surface area contributed by atoms with E-state index in [2.05, 4.69) is 10.6 Å². The quantitative estimate of drug-likeness (QED) is 0.813. The molecule has 0 bridgehead atoms. The predicted octanol–water partition coefficient (Wildman–Crippen LogP) is 1.61. The molecule has 0 spiro atoms. The highest BCUT2D eigenvalue weighted by molar-refractivity contribution is 5.82. The zero-order valence-corrected chi connectivity index (χ0v) is 11.1. The van der Waals surface area contributed by atoms with Gasteiger partial charge < -0.3 is 15.4 Å². The van der Waals surface area contributed by atoms with Gasteiger partial charge in [0.25, 0.3) is 0 Å². The number of carbonyl (C=O) groups excluding carboxylic acids is 2. The number of hydrogen-bond donors (Lipinski definition) is 2. The molecule has 1 fully saturated rings. The number of ether oxygens (including phenoxy) is 1. The lowest BCUT2D eigenvalue weighted by atomic mass is 9.86. The van der Waals surface area contributed by atoms with Crippen LogP contribution in [0.4, 0.5) is 4.79 Å². The van der Waals surface area contributed by atoms with Crippen molar-refractivity contribution in [2.24, 2.45) is 5.92 Å². The van der Waals surface area contributed by atoms with E-state index < -0.39 is 5.92 Å². The maximum atomic E-state index is 12.1. The molecule has 2 rings (SSSR count). The van der Waals surface area contributed by atoms with Crippen molar-refractivity contribution in [1.29, 1.82) is 0 Å². The number of esters is 1. The van der Waals surface area contributed by atoms with Crippen molar-refractivity contribution in [2.75, 3.05) is 6.61 Å². The monoisotopic (exact) mass is 262 g/mol. The molecule has 0 aromatic heterocycles. The van der Waals surface area contributed by atoms with E-state index in [0.717, 1.165) is 5.56 Å². The van der Waals surface area contributed by atoms with Crippen LogP contribution in [0.25, 0.3) is 0 Å². The van der Waals surface area contributed by atoms with Crippen molar-refractivity contribution in [1.82, 2.24) is 10.6 Å². The summed E-state index contributed by atoms with van der Waals surface area (Å²) in [6.45, 7) is 3.92. The fraction of sp³-hybridized carbons (Fsp3) is 0.429. The van der Waals surface area contributed by atoms with Crippen molar-refractivity contribution >= 4 is 12.0 Å². The van der Waals surface area contributed by atoms with Gasteiger partial charge in [0.1, 0.15) is 5.92 Å². The maximum absolute atomic E-state index is 12.1. The van der Waals surface area contributed by atoms with Crippen LogP contribution in [-0.2, 0) is 9.53 Å². The molecule has 2 N–H and O–H groups in total. The Morgan fingerprint density at radius 1 is 1.26 bits per heavy atom. The van der Waals surface area contributed by atoms with Crippen molar-refractivity contribution in [3.05, 3.63) is 35.9 Å². The van der Waals surface area contributed by atoms with E-state index in [-0.39, 0.29) is 24.1 Å². The Morgan fingerprint density at radius 3 is 2.58 bits per heavy atom. The van der Waals surface area contributed by atoms with Crippen molar-refractivity contribution in [2.45, 2.75) is 25.9 Å². The average Bonchev–Trinajstić information content (AvgIpc) is 2.39. The fourth-order valence-electron chi connectivity index (χ4n) is 2.39. The topological polar surface area (TPSA) is 67.4 Å². The molecule has 1 aliphatic heterocycles. The highest BCUT2D eigenvalue weighted by atomic mass is 16.5. The highest BCUT2D eigenvalue weighted by Crippen LogP contribution is 2.28. The minimum absolute atomic E-state index is 0.262. The van der Waals surface area contributed by atoms with Gasteiger partial charge in [-0.2, -0.15) is 0 Å².